The zero-order valence-electron chi connectivity index (χ0n) is 12.1. The Morgan fingerprint density at radius 3 is 2.95 bits per heavy atom. The molecular weight excluding hydrogens is 272 g/mol. The number of thiazole rings is 1. The molecule has 3 rings (SSSR count). The number of ether oxygens (including phenoxy) is 1. The van der Waals surface area contributed by atoms with Crippen molar-refractivity contribution in [2.24, 2.45) is 0 Å². The summed E-state index contributed by atoms with van der Waals surface area (Å²) in [5.41, 5.74) is 0.986. The van der Waals surface area contributed by atoms with E-state index in [-0.39, 0.29) is 11.5 Å². The molecule has 5 heteroatoms. The molecule has 2 aliphatic heterocycles. The molecule has 1 atom stereocenters. The van der Waals surface area contributed by atoms with Crippen LogP contribution in [0.3, 0.4) is 0 Å². The number of hydrogen-bond donors (Lipinski definition) is 0. The van der Waals surface area contributed by atoms with Crippen molar-refractivity contribution in [1.29, 1.82) is 0 Å². The monoisotopic (exact) mass is 294 g/mol. The number of aryl methyl sites for hydroxylation is 1. The molecule has 0 aliphatic carbocycles. The average Bonchev–Trinajstić information content (AvgIpc) is 2.97. The Kier molecular flexibility index (Phi) is 4.08. The Labute approximate surface area is 124 Å². The second kappa shape index (κ2) is 5.82. The van der Waals surface area contributed by atoms with E-state index in [0.717, 1.165) is 49.7 Å². The van der Waals surface area contributed by atoms with Gasteiger partial charge in [-0.25, -0.2) is 4.98 Å². The van der Waals surface area contributed by atoms with Crippen molar-refractivity contribution in [2.45, 2.75) is 51.0 Å². The molecule has 20 heavy (non-hydrogen) atoms. The van der Waals surface area contributed by atoms with E-state index in [1.807, 2.05) is 17.2 Å². The van der Waals surface area contributed by atoms with Gasteiger partial charge in [0.15, 0.2) is 0 Å². The van der Waals surface area contributed by atoms with Crippen LogP contribution in [0.5, 0.6) is 0 Å². The molecule has 2 fully saturated rings. The lowest BCUT2D eigenvalue weighted by atomic mass is 9.92. The van der Waals surface area contributed by atoms with E-state index in [0.29, 0.717) is 6.42 Å². The van der Waals surface area contributed by atoms with Gasteiger partial charge in [0.2, 0.25) is 5.91 Å². The zero-order valence-corrected chi connectivity index (χ0v) is 12.9. The second-order valence-electron chi connectivity index (χ2n) is 5.90. The van der Waals surface area contributed by atoms with Gasteiger partial charge in [-0.15, -0.1) is 11.3 Å². The summed E-state index contributed by atoms with van der Waals surface area (Å²) in [4.78, 5) is 18.8. The van der Waals surface area contributed by atoms with Gasteiger partial charge in [0.25, 0.3) is 0 Å². The number of carbonyl (C=O) groups excluding carboxylic acids is 1. The highest BCUT2D eigenvalue weighted by Gasteiger charge is 2.37. The summed E-state index contributed by atoms with van der Waals surface area (Å²) in [6.07, 6.45) is 5.94. The molecule has 0 bridgehead atoms. The second-order valence-corrected chi connectivity index (χ2v) is 6.97. The number of likely N-dealkylation sites (tertiary alicyclic amines) is 1. The standard InChI is InChI=1S/C15H22N2O2S/c1-12-16-13(11-20-12)10-14(18)17-7-2-4-15(6-8-17)5-3-9-19-15/h11H,2-10H2,1H3/t15-/m0/s1. The number of nitrogens with zero attached hydrogens (tertiary/aromatic N) is 2. The first-order valence-electron chi connectivity index (χ1n) is 7.50. The summed E-state index contributed by atoms with van der Waals surface area (Å²) >= 11 is 1.61. The van der Waals surface area contributed by atoms with Gasteiger partial charge in [-0.3, -0.25) is 4.79 Å². The molecule has 0 N–H and O–H groups in total. The SMILES string of the molecule is Cc1nc(CC(=O)N2CCC[C@]3(CCCO3)CC2)cs1. The first-order valence-corrected chi connectivity index (χ1v) is 8.38. The van der Waals surface area contributed by atoms with Crippen molar-refractivity contribution in [3.63, 3.8) is 0 Å². The molecule has 2 saturated heterocycles. The summed E-state index contributed by atoms with van der Waals surface area (Å²) < 4.78 is 5.96. The minimum absolute atomic E-state index is 0.0756. The van der Waals surface area contributed by atoms with Crippen molar-refractivity contribution in [3.8, 4) is 0 Å². The van der Waals surface area contributed by atoms with Crippen molar-refractivity contribution < 1.29 is 9.53 Å². The number of carbonyl (C=O) groups is 1. The van der Waals surface area contributed by atoms with Crippen molar-refractivity contribution in [2.75, 3.05) is 19.7 Å². The molecule has 4 nitrogen and oxygen atoms in total. The highest BCUT2D eigenvalue weighted by molar-refractivity contribution is 7.09. The van der Waals surface area contributed by atoms with Crippen LogP contribution in [-0.2, 0) is 16.0 Å². The maximum atomic E-state index is 12.4. The first kappa shape index (κ1) is 14.0. The molecule has 0 aromatic carbocycles. The Morgan fingerprint density at radius 2 is 2.25 bits per heavy atom. The number of amides is 1. The van der Waals surface area contributed by atoms with E-state index in [2.05, 4.69) is 4.98 Å². The van der Waals surface area contributed by atoms with Crippen molar-refractivity contribution in [3.05, 3.63) is 16.1 Å². The lowest BCUT2D eigenvalue weighted by molar-refractivity contribution is -0.130. The van der Waals surface area contributed by atoms with Crippen LogP contribution in [0, 0.1) is 6.92 Å². The van der Waals surface area contributed by atoms with Crippen molar-refractivity contribution in [1.82, 2.24) is 9.88 Å². The van der Waals surface area contributed by atoms with Crippen LogP contribution in [0.4, 0.5) is 0 Å². The Balaban J connectivity index is 1.58. The largest absolute Gasteiger partial charge is 0.375 e. The van der Waals surface area contributed by atoms with Gasteiger partial charge < -0.3 is 9.64 Å². The fourth-order valence-electron chi connectivity index (χ4n) is 3.32. The molecule has 1 amide bonds. The quantitative estimate of drug-likeness (QED) is 0.842. The summed E-state index contributed by atoms with van der Waals surface area (Å²) in [7, 11) is 0. The molecule has 1 aromatic heterocycles. The minimum Gasteiger partial charge on any atom is -0.375 e. The average molecular weight is 294 g/mol. The van der Waals surface area contributed by atoms with Gasteiger partial charge in [0, 0.05) is 25.1 Å². The van der Waals surface area contributed by atoms with Gasteiger partial charge in [-0.1, -0.05) is 0 Å². The van der Waals surface area contributed by atoms with Gasteiger partial charge >= 0.3 is 0 Å². The predicted octanol–water partition coefficient (Wildman–Crippen LogP) is 2.56. The summed E-state index contributed by atoms with van der Waals surface area (Å²) in [5, 5.41) is 3.02. The summed E-state index contributed by atoms with van der Waals surface area (Å²) in [6, 6.07) is 0. The highest BCUT2D eigenvalue weighted by atomic mass is 32.1. The molecule has 3 heterocycles. The molecule has 0 saturated carbocycles. The normalized spacial score (nSPS) is 26.9. The fraction of sp³-hybridized carbons (Fsp3) is 0.733. The number of aromatic nitrogens is 1. The van der Waals surface area contributed by atoms with Gasteiger partial charge in [0.1, 0.15) is 0 Å². The molecule has 0 radical (unpaired) electrons. The Bertz CT molecular complexity index is 480. The van der Waals surface area contributed by atoms with E-state index in [4.69, 9.17) is 4.74 Å². The predicted molar refractivity (Wildman–Crippen MR) is 78.9 cm³/mol. The molecular formula is C15H22N2O2S. The molecule has 0 unspecified atom stereocenters. The highest BCUT2D eigenvalue weighted by Crippen LogP contribution is 2.35. The van der Waals surface area contributed by atoms with E-state index in [1.54, 1.807) is 11.3 Å². The van der Waals surface area contributed by atoms with Gasteiger partial charge in [-0.2, -0.15) is 0 Å². The topological polar surface area (TPSA) is 42.4 Å². The minimum atomic E-state index is 0.0756. The molecule has 110 valence electrons. The zero-order chi connectivity index (χ0) is 14.0. The van der Waals surface area contributed by atoms with Gasteiger partial charge in [0.05, 0.1) is 22.7 Å². The molecule has 1 spiro atoms. The third-order valence-electron chi connectivity index (χ3n) is 4.43. The number of hydrogen-bond acceptors (Lipinski definition) is 4. The van der Waals surface area contributed by atoms with Crippen LogP contribution in [-0.4, -0.2) is 41.1 Å². The molecule has 2 aliphatic rings. The third kappa shape index (κ3) is 3.04. The van der Waals surface area contributed by atoms with Crippen LogP contribution in [0.2, 0.25) is 0 Å². The smallest absolute Gasteiger partial charge is 0.228 e. The Morgan fingerprint density at radius 1 is 1.40 bits per heavy atom. The summed E-state index contributed by atoms with van der Waals surface area (Å²) in [6.45, 7) is 4.58. The third-order valence-corrected chi connectivity index (χ3v) is 5.26. The first-order chi connectivity index (χ1) is 9.67. The van der Waals surface area contributed by atoms with E-state index in [9.17, 15) is 4.79 Å². The van der Waals surface area contributed by atoms with Crippen molar-refractivity contribution >= 4 is 17.2 Å². The van der Waals surface area contributed by atoms with E-state index in [1.165, 1.54) is 12.8 Å². The van der Waals surface area contributed by atoms with Crippen LogP contribution in [0.1, 0.15) is 42.8 Å². The maximum absolute atomic E-state index is 12.4. The Hall–Kier alpha value is -0.940. The van der Waals surface area contributed by atoms with E-state index >= 15 is 0 Å². The van der Waals surface area contributed by atoms with Gasteiger partial charge in [-0.05, 0) is 39.0 Å². The number of rotatable bonds is 2. The fourth-order valence-corrected chi connectivity index (χ4v) is 3.94. The maximum Gasteiger partial charge on any atom is 0.228 e. The van der Waals surface area contributed by atoms with Crippen LogP contribution in [0.25, 0.3) is 0 Å². The lowest BCUT2D eigenvalue weighted by Crippen LogP contribution is -2.35. The van der Waals surface area contributed by atoms with Crippen LogP contribution < -0.4 is 0 Å². The van der Waals surface area contributed by atoms with Crippen LogP contribution >= 0.6 is 11.3 Å². The van der Waals surface area contributed by atoms with Crippen LogP contribution in [0.15, 0.2) is 5.38 Å². The van der Waals surface area contributed by atoms with E-state index < -0.39 is 0 Å². The molecule has 1 aromatic rings. The lowest BCUT2D eigenvalue weighted by Gasteiger charge is -2.26. The summed E-state index contributed by atoms with van der Waals surface area (Å²) in [5.74, 6) is 0.213.